The summed E-state index contributed by atoms with van der Waals surface area (Å²) < 4.78 is 0. The van der Waals surface area contributed by atoms with E-state index in [0.717, 1.165) is 41.6 Å². The number of hydrogen-bond donors (Lipinski definition) is 2. The first-order valence-electron chi connectivity index (χ1n) is 6.97. The molecule has 0 radical (unpaired) electrons. The van der Waals surface area contributed by atoms with Crippen molar-refractivity contribution in [3.8, 4) is 0 Å². The molecular weight excluding hydrogens is 238 g/mol. The molecule has 1 aromatic heterocycles. The molecule has 3 N–H and O–H groups in total. The summed E-state index contributed by atoms with van der Waals surface area (Å²) in [5.74, 6) is 1.60. The zero-order valence-corrected chi connectivity index (χ0v) is 12.0. The van der Waals surface area contributed by atoms with Crippen LogP contribution in [-0.2, 0) is 0 Å². The summed E-state index contributed by atoms with van der Waals surface area (Å²) in [5.41, 5.74) is 8.30. The largest absolute Gasteiger partial charge is 0.384 e. The fourth-order valence-electron chi connectivity index (χ4n) is 2.81. The Balaban J connectivity index is 2.31. The minimum atomic E-state index is 0.0874. The zero-order chi connectivity index (χ0) is 14.0. The number of nitrogens with two attached hydrogens (primary N) is 1. The molecular formula is C14H23N5. The minimum Gasteiger partial charge on any atom is -0.384 e. The van der Waals surface area contributed by atoms with Crippen molar-refractivity contribution < 1.29 is 0 Å². The molecule has 0 saturated carbocycles. The van der Waals surface area contributed by atoms with Gasteiger partial charge in [-0.2, -0.15) is 5.10 Å². The Kier molecular flexibility index (Phi) is 4.02. The van der Waals surface area contributed by atoms with Gasteiger partial charge in [-0.05, 0) is 38.2 Å². The lowest BCUT2D eigenvalue weighted by Crippen LogP contribution is -2.27. The molecule has 5 nitrogen and oxygen atoms in total. The summed E-state index contributed by atoms with van der Waals surface area (Å²) in [6, 6.07) is 0. The number of nitrogen functional groups attached to an aromatic ring is 1. The van der Waals surface area contributed by atoms with E-state index in [-0.39, 0.29) is 5.84 Å². The fraction of sp³-hybridized carbons (Fsp3) is 0.643. The Hall–Kier alpha value is -1.65. The van der Waals surface area contributed by atoms with E-state index in [2.05, 4.69) is 22.0 Å². The van der Waals surface area contributed by atoms with Gasteiger partial charge in [0.15, 0.2) is 5.82 Å². The maximum atomic E-state index is 7.79. The Bertz CT molecular complexity index is 483. The van der Waals surface area contributed by atoms with Crippen LogP contribution in [0.1, 0.15) is 43.0 Å². The van der Waals surface area contributed by atoms with Crippen LogP contribution in [0.25, 0.3) is 0 Å². The van der Waals surface area contributed by atoms with Crippen LogP contribution in [-0.4, -0.2) is 29.1 Å². The predicted molar refractivity (Wildman–Crippen MR) is 77.8 cm³/mol. The molecule has 1 saturated heterocycles. The molecule has 1 unspecified atom stereocenters. The Labute approximate surface area is 114 Å². The molecule has 0 amide bonds. The van der Waals surface area contributed by atoms with Crippen molar-refractivity contribution in [2.24, 2.45) is 11.7 Å². The van der Waals surface area contributed by atoms with Crippen LogP contribution in [0.3, 0.4) is 0 Å². The number of nitrogens with zero attached hydrogens (tertiary/aromatic N) is 3. The van der Waals surface area contributed by atoms with Gasteiger partial charge in [0.2, 0.25) is 0 Å². The molecule has 1 fully saturated rings. The third-order valence-electron chi connectivity index (χ3n) is 3.99. The number of aromatic nitrogens is 2. The van der Waals surface area contributed by atoms with Gasteiger partial charge < -0.3 is 10.6 Å². The van der Waals surface area contributed by atoms with Crippen LogP contribution in [0.15, 0.2) is 0 Å². The van der Waals surface area contributed by atoms with Crippen molar-refractivity contribution >= 4 is 11.7 Å². The third kappa shape index (κ3) is 2.69. The summed E-state index contributed by atoms with van der Waals surface area (Å²) in [6.45, 7) is 8.08. The topological polar surface area (TPSA) is 78.9 Å². The quantitative estimate of drug-likeness (QED) is 0.642. The van der Waals surface area contributed by atoms with Crippen LogP contribution in [0.5, 0.6) is 0 Å². The summed E-state index contributed by atoms with van der Waals surface area (Å²) in [7, 11) is 0. The highest BCUT2D eigenvalue weighted by Crippen LogP contribution is 2.28. The van der Waals surface area contributed by atoms with Crippen LogP contribution in [0.2, 0.25) is 0 Å². The Morgan fingerprint density at radius 2 is 2.16 bits per heavy atom. The first kappa shape index (κ1) is 13.8. The summed E-state index contributed by atoms with van der Waals surface area (Å²) in [6.07, 6.45) is 3.67. The van der Waals surface area contributed by atoms with Gasteiger partial charge >= 0.3 is 0 Å². The molecule has 1 atom stereocenters. The fourth-order valence-corrected chi connectivity index (χ4v) is 2.81. The summed E-state index contributed by atoms with van der Waals surface area (Å²) >= 11 is 0. The van der Waals surface area contributed by atoms with Gasteiger partial charge in [0.05, 0.1) is 11.3 Å². The molecule has 104 valence electrons. The molecule has 0 bridgehead atoms. The number of anilines is 1. The number of rotatable bonds is 4. The second kappa shape index (κ2) is 5.55. The van der Waals surface area contributed by atoms with Crippen molar-refractivity contribution in [1.29, 1.82) is 5.41 Å². The van der Waals surface area contributed by atoms with Crippen molar-refractivity contribution in [3.05, 3.63) is 16.8 Å². The van der Waals surface area contributed by atoms with E-state index < -0.39 is 0 Å². The number of hydrogen-bond acceptors (Lipinski definition) is 4. The van der Waals surface area contributed by atoms with Crippen molar-refractivity contribution in [2.75, 3.05) is 18.0 Å². The third-order valence-corrected chi connectivity index (χ3v) is 3.99. The van der Waals surface area contributed by atoms with Crippen LogP contribution in [0, 0.1) is 25.2 Å². The first-order valence-corrected chi connectivity index (χ1v) is 6.97. The van der Waals surface area contributed by atoms with E-state index in [0.29, 0.717) is 0 Å². The minimum absolute atomic E-state index is 0.0874. The lowest BCUT2D eigenvalue weighted by Gasteiger charge is -2.21. The van der Waals surface area contributed by atoms with Crippen LogP contribution in [0.4, 0.5) is 5.82 Å². The van der Waals surface area contributed by atoms with E-state index in [9.17, 15) is 0 Å². The van der Waals surface area contributed by atoms with E-state index in [4.69, 9.17) is 11.1 Å². The molecule has 0 spiro atoms. The highest BCUT2D eigenvalue weighted by Gasteiger charge is 2.26. The molecule has 1 aliphatic rings. The highest BCUT2D eigenvalue weighted by molar-refractivity contribution is 6.01. The van der Waals surface area contributed by atoms with Crippen LogP contribution >= 0.6 is 0 Å². The lowest BCUT2D eigenvalue weighted by molar-refractivity contribution is 0.529. The predicted octanol–water partition coefficient (Wildman–Crippen LogP) is 2.00. The second-order valence-corrected chi connectivity index (χ2v) is 5.41. The molecule has 19 heavy (non-hydrogen) atoms. The smallest absolute Gasteiger partial charge is 0.162 e. The van der Waals surface area contributed by atoms with E-state index in [1.54, 1.807) is 0 Å². The second-order valence-electron chi connectivity index (χ2n) is 5.41. The first-order chi connectivity index (χ1) is 9.04. The van der Waals surface area contributed by atoms with Crippen LogP contribution < -0.4 is 10.6 Å². The van der Waals surface area contributed by atoms with E-state index in [1.807, 2.05) is 13.8 Å². The van der Waals surface area contributed by atoms with Crippen molar-refractivity contribution in [1.82, 2.24) is 10.2 Å². The molecule has 2 rings (SSSR count). The summed E-state index contributed by atoms with van der Waals surface area (Å²) in [5, 5.41) is 16.3. The van der Waals surface area contributed by atoms with Gasteiger partial charge in [0, 0.05) is 13.1 Å². The molecule has 0 aromatic carbocycles. The Morgan fingerprint density at radius 3 is 2.79 bits per heavy atom. The summed E-state index contributed by atoms with van der Waals surface area (Å²) in [4.78, 5) is 2.23. The van der Waals surface area contributed by atoms with Gasteiger partial charge in [-0.1, -0.05) is 13.3 Å². The number of aryl methyl sites for hydroxylation is 1. The van der Waals surface area contributed by atoms with E-state index in [1.165, 1.54) is 19.3 Å². The van der Waals surface area contributed by atoms with Gasteiger partial charge in [-0.3, -0.25) is 5.41 Å². The SMILES string of the molecule is CCCC1CCN(c2nnc(C)c(C)c2C(=N)N)C1. The maximum absolute atomic E-state index is 7.79. The molecule has 1 aromatic rings. The van der Waals surface area contributed by atoms with Crippen molar-refractivity contribution in [2.45, 2.75) is 40.0 Å². The Morgan fingerprint density at radius 1 is 1.42 bits per heavy atom. The van der Waals surface area contributed by atoms with Gasteiger partial charge in [-0.25, -0.2) is 0 Å². The standard InChI is InChI=1S/C14H23N5/c1-4-5-11-6-7-19(8-11)14-12(13(15)16)9(2)10(3)17-18-14/h11H,4-8H2,1-3H3,(H3,15,16). The van der Waals surface area contributed by atoms with E-state index >= 15 is 0 Å². The molecule has 0 aliphatic carbocycles. The highest BCUT2D eigenvalue weighted by atomic mass is 15.3. The van der Waals surface area contributed by atoms with Crippen molar-refractivity contribution in [3.63, 3.8) is 0 Å². The molecule has 1 aliphatic heterocycles. The lowest BCUT2D eigenvalue weighted by atomic mass is 10.0. The monoisotopic (exact) mass is 261 g/mol. The average molecular weight is 261 g/mol. The number of amidine groups is 1. The normalized spacial score (nSPS) is 18.9. The average Bonchev–Trinajstić information content (AvgIpc) is 2.81. The molecule has 2 heterocycles. The van der Waals surface area contributed by atoms with Gasteiger partial charge in [-0.15, -0.1) is 5.10 Å². The van der Waals surface area contributed by atoms with Gasteiger partial charge in [0.1, 0.15) is 5.84 Å². The maximum Gasteiger partial charge on any atom is 0.162 e. The zero-order valence-electron chi connectivity index (χ0n) is 12.0. The number of nitrogens with one attached hydrogen (secondary N) is 1. The molecule has 5 heteroatoms. The van der Waals surface area contributed by atoms with Gasteiger partial charge in [0.25, 0.3) is 0 Å².